The van der Waals surface area contributed by atoms with E-state index in [9.17, 15) is 9.59 Å². The number of carbonyl (C=O) groups excluding carboxylic acids is 2. The Morgan fingerprint density at radius 1 is 0.970 bits per heavy atom. The summed E-state index contributed by atoms with van der Waals surface area (Å²) in [6.07, 6.45) is 2.33. The van der Waals surface area contributed by atoms with E-state index < -0.39 is 11.0 Å². The first-order chi connectivity index (χ1) is 15.3. The summed E-state index contributed by atoms with van der Waals surface area (Å²) in [5.41, 5.74) is 0.437. The zero-order valence-electron chi connectivity index (χ0n) is 20.5. The van der Waals surface area contributed by atoms with E-state index in [1.165, 1.54) is 0 Å². The first-order valence-electron chi connectivity index (χ1n) is 11.3. The highest BCUT2D eigenvalue weighted by molar-refractivity contribution is 5.94. The number of nitrogens with one attached hydrogen (secondary N) is 1. The lowest BCUT2D eigenvalue weighted by Gasteiger charge is -2.31. The molecule has 0 radical (unpaired) electrons. The first kappa shape index (κ1) is 24.5. The number of rotatable bonds is 4. The topological polar surface area (TPSA) is 110 Å². The minimum absolute atomic E-state index is 0.0356. The van der Waals surface area contributed by atoms with Gasteiger partial charge in [0.05, 0.1) is 0 Å². The van der Waals surface area contributed by atoms with Crippen molar-refractivity contribution >= 4 is 17.7 Å². The zero-order chi connectivity index (χ0) is 24.4. The minimum atomic E-state index is -0.550. The second-order valence-electron chi connectivity index (χ2n) is 10.6. The summed E-state index contributed by atoms with van der Waals surface area (Å²) in [5, 5.41) is 20.1. The average molecular weight is 455 g/mol. The minimum Gasteiger partial charge on any atom is -0.444 e. The SMILES string of the molecule is CN(C(=O)OC(C)(C)C)C1CCCC1c1nnc(-c2ccc(NC(=O)C(C)(C)C)cc2)nn1. The molecule has 1 N–H and O–H groups in total. The Hall–Kier alpha value is -3.10. The lowest BCUT2D eigenvalue weighted by atomic mass is 9.95. The van der Waals surface area contributed by atoms with Crippen LogP contribution >= 0.6 is 0 Å². The fraction of sp³-hybridized carbons (Fsp3) is 0.583. The van der Waals surface area contributed by atoms with Gasteiger partial charge in [-0.05, 0) is 57.9 Å². The Bertz CT molecular complexity index is 977. The number of hydrogen-bond acceptors (Lipinski definition) is 7. The van der Waals surface area contributed by atoms with E-state index in [1.807, 2.05) is 53.7 Å². The van der Waals surface area contributed by atoms with Crippen molar-refractivity contribution in [2.45, 2.75) is 78.4 Å². The van der Waals surface area contributed by atoms with E-state index in [0.29, 0.717) is 17.3 Å². The van der Waals surface area contributed by atoms with Crippen molar-refractivity contribution in [1.82, 2.24) is 25.3 Å². The first-order valence-corrected chi connectivity index (χ1v) is 11.3. The molecule has 2 aromatic rings. The number of aromatic nitrogens is 4. The van der Waals surface area contributed by atoms with Gasteiger partial charge in [0.2, 0.25) is 11.7 Å². The molecule has 0 aliphatic heterocycles. The number of nitrogens with zero attached hydrogens (tertiary/aromatic N) is 5. The van der Waals surface area contributed by atoms with Crippen LogP contribution in [0.3, 0.4) is 0 Å². The monoisotopic (exact) mass is 454 g/mol. The predicted molar refractivity (Wildman–Crippen MR) is 126 cm³/mol. The molecule has 2 amide bonds. The molecule has 0 spiro atoms. The van der Waals surface area contributed by atoms with Gasteiger partial charge in [-0.3, -0.25) is 4.79 Å². The van der Waals surface area contributed by atoms with Crippen molar-refractivity contribution in [3.8, 4) is 11.4 Å². The molecular formula is C24H34N6O3. The van der Waals surface area contributed by atoms with Crippen molar-refractivity contribution in [3.63, 3.8) is 0 Å². The summed E-state index contributed by atoms with van der Waals surface area (Å²) in [6.45, 7) is 11.2. The van der Waals surface area contributed by atoms with Gasteiger partial charge in [-0.2, -0.15) is 0 Å². The van der Waals surface area contributed by atoms with Crippen molar-refractivity contribution in [3.05, 3.63) is 30.1 Å². The second-order valence-corrected chi connectivity index (χ2v) is 10.6. The predicted octanol–water partition coefficient (Wildman–Crippen LogP) is 4.42. The molecule has 9 heteroatoms. The Labute approximate surface area is 195 Å². The summed E-state index contributed by atoms with van der Waals surface area (Å²) in [7, 11) is 1.76. The number of carbonyl (C=O) groups is 2. The lowest BCUT2D eigenvalue weighted by Crippen LogP contribution is -2.42. The molecule has 1 aliphatic carbocycles. The number of anilines is 1. The van der Waals surface area contributed by atoms with E-state index in [-0.39, 0.29) is 24.0 Å². The van der Waals surface area contributed by atoms with Crippen LogP contribution in [0.15, 0.2) is 24.3 Å². The molecule has 1 aliphatic rings. The van der Waals surface area contributed by atoms with Crippen LogP contribution in [0.2, 0.25) is 0 Å². The molecular weight excluding hydrogens is 420 g/mol. The largest absolute Gasteiger partial charge is 0.444 e. The van der Waals surface area contributed by atoms with Gasteiger partial charge >= 0.3 is 6.09 Å². The van der Waals surface area contributed by atoms with Gasteiger partial charge in [-0.25, -0.2) is 4.79 Å². The van der Waals surface area contributed by atoms with Crippen molar-refractivity contribution in [2.24, 2.45) is 5.41 Å². The number of ether oxygens (including phenoxy) is 1. The molecule has 0 saturated heterocycles. The molecule has 1 aromatic heterocycles. The molecule has 2 atom stereocenters. The van der Waals surface area contributed by atoms with Crippen molar-refractivity contribution in [1.29, 1.82) is 0 Å². The zero-order valence-corrected chi connectivity index (χ0v) is 20.5. The molecule has 9 nitrogen and oxygen atoms in total. The summed E-state index contributed by atoms with van der Waals surface area (Å²) in [4.78, 5) is 26.3. The third kappa shape index (κ3) is 6.24. The lowest BCUT2D eigenvalue weighted by molar-refractivity contribution is -0.123. The molecule has 1 fully saturated rings. The molecule has 178 valence electrons. The third-order valence-electron chi connectivity index (χ3n) is 5.57. The highest BCUT2D eigenvalue weighted by Crippen LogP contribution is 2.36. The van der Waals surface area contributed by atoms with E-state index in [2.05, 4.69) is 25.7 Å². The van der Waals surface area contributed by atoms with Gasteiger partial charge in [0.25, 0.3) is 0 Å². The highest BCUT2D eigenvalue weighted by atomic mass is 16.6. The van der Waals surface area contributed by atoms with Crippen molar-refractivity contribution in [2.75, 3.05) is 12.4 Å². The second kappa shape index (κ2) is 9.41. The number of benzene rings is 1. The van der Waals surface area contributed by atoms with E-state index in [4.69, 9.17) is 4.74 Å². The summed E-state index contributed by atoms with van der Waals surface area (Å²) in [6, 6.07) is 7.20. The van der Waals surface area contributed by atoms with Gasteiger partial charge in [0, 0.05) is 35.7 Å². The van der Waals surface area contributed by atoms with Gasteiger partial charge in [-0.1, -0.05) is 27.2 Å². The molecule has 2 unspecified atom stereocenters. The maximum Gasteiger partial charge on any atom is 0.410 e. The van der Waals surface area contributed by atoms with E-state index in [1.54, 1.807) is 24.1 Å². The summed E-state index contributed by atoms with van der Waals surface area (Å²) >= 11 is 0. The number of likely N-dealkylation sites (N-methyl/N-ethyl adjacent to an activating group) is 1. The van der Waals surface area contributed by atoms with Gasteiger partial charge < -0.3 is 15.0 Å². The van der Waals surface area contributed by atoms with Crippen LogP contribution in [0.1, 0.15) is 72.5 Å². The van der Waals surface area contributed by atoms with Crippen LogP contribution < -0.4 is 5.32 Å². The third-order valence-corrected chi connectivity index (χ3v) is 5.57. The normalized spacial score (nSPS) is 18.6. The van der Waals surface area contributed by atoms with Crippen LogP contribution in [0, 0.1) is 5.41 Å². The van der Waals surface area contributed by atoms with E-state index in [0.717, 1.165) is 24.8 Å². The van der Waals surface area contributed by atoms with Crippen LogP contribution in [0.5, 0.6) is 0 Å². The Balaban J connectivity index is 1.69. The Kier molecular flexibility index (Phi) is 7.00. The number of hydrogen-bond donors (Lipinski definition) is 1. The van der Waals surface area contributed by atoms with Gasteiger partial charge in [0.1, 0.15) is 5.60 Å². The molecule has 0 bridgehead atoms. The summed E-state index contributed by atoms with van der Waals surface area (Å²) < 4.78 is 5.51. The molecule has 1 saturated carbocycles. The smallest absolute Gasteiger partial charge is 0.410 e. The maximum atomic E-state index is 12.5. The summed E-state index contributed by atoms with van der Waals surface area (Å²) in [5.74, 6) is 0.849. The quantitative estimate of drug-likeness (QED) is 0.728. The van der Waals surface area contributed by atoms with Crippen molar-refractivity contribution < 1.29 is 14.3 Å². The molecule has 1 aromatic carbocycles. The number of amides is 2. The fourth-order valence-electron chi connectivity index (χ4n) is 3.70. The van der Waals surface area contributed by atoms with Gasteiger partial charge in [-0.15, -0.1) is 20.4 Å². The van der Waals surface area contributed by atoms with Crippen LogP contribution in [-0.4, -0.2) is 56.0 Å². The highest BCUT2D eigenvalue weighted by Gasteiger charge is 2.37. The standard InChI is InChI=1S/C24H34N6O3/c1-23(2,3)21(31)25-16-13-11-15(12-14-16)19-26-28-20(29-27-19)17-9-8-10-18(17)30(7)22(32)33-24(4,5)6/h11-14,17-18H,8-10H2,1-7H3,(H,25,31). The van der Waals surface area contributed by atoms with Crippen LogP contribution in [-0.2, 0) is 9.53 Å². The molecule has 33 heavy (non-hydrogen) atoms. The maximum absolute atomic E-state index is 12.5. The van der Waals surface area contributed by atoms with Crippen LogP contribution in [0.25, 0.3) is 11.4 Å². The van der Waals surface area contributed by atoms with Crippen LogP contribution in [0.4, 0.5) is 10.5 Å². The Morgan fingerprint density at radius 2 is 1.58 bits per heavy atom. The molecule has 1 heterocycles. The fourth-order valence-corrected chi connectivity index (χ4v) is 3.70. The van der Waals surface area contributed by atoms with Gasteiger partial charge in [0.15, 0.2) is 5.82 Å². The average Bonchev–Trinajstić information content (AvgIpc) is 3.22. The Morgan fingerprint density at radius 3 is 2.12 bits per heavy atom. The molecule has 3 rings (SSSR count). The van der Waals surface area contributed by atoms with E-state index >= 15 is 0 Å².